The minimum Gasteiger partial charge on any atom is -0.495 e. The molecule has 0 saturated carbocycles. The van der Waals surface area contributed by atoms with Crippen molar-refractivity contribution >= 4 is 5.97 Å². The average Bonchev–Trinajstić information content (AvgIpc) is 2.39. The molecule has 0 aliphatic carbocycles. The molecule has 0 spiro atoms. The molecule has 1 heterocycles. The maximum Gasteiger partial charge on any atom is 0.307 e. The molecule has 1 aromatic carbocycles. The fourth-order valence-corrected chi connectivity index (χ4v) is 1.75. The fourth-order valence-electron chi connectivity index (χ4n) is 1.75. The first-order valence-corrected chi connectivity index (χ1v) is 5.51. The summed E-state index contributed by atoms with van der Waals surface area (Å²) in [5.41, 5.74) is 2.23. The Bertz CT molecular complexity index is 552. The van der Waals surface area contributed by atoms with Gasteiger partial charge in [0, 0.05) is 5.56 Å². The molecule has 0 bridgehead atoms. The molecule has 2 rings (SSSR count). The monoisotopic (exact) mass is 243 g/mol. The fraction of sp³-hybridized carbons (Fsp3) is 0.143. The molecule has 0 saturated heterocycles. The van der Waals surface area contributed by atoms with Gasteiger partial charge in [0.15, 0.2) is 0 Å². The van der Waals surface area contributed by atoms with E-state index >= 15 is 0 Å². The van der Waals surface area contributed by atoms with Crippen molar-refractivity contribution in [1.29, 1.82) is 0 Å². The van der Waals surface area contributed by atoms with Crippen LogP contribution in [-0.2, 0) is 11.2 Å². The van der Waals surface area contributed by atoms with Gasteiger partial charge < -0.3 is 9.84 Å². The number of carbonyl (C=O) groups is 1. The highest BCUT2D eigenvalue weighted by atomic mass is 16.5. The first kappa shape index (κ1) is 12.1. The van der Waals surface area contributed by atoms with Crippen LogP contribution in [0.1, 0.15) is 5.56 Å². The molecule has 4 nitrogen and oxygen atoms in total. The van der Waals surface area contributed by atoms with E-state index in [9.17, 15) is 4.79 Å². The lowest BCUT2D eigenvalue weighted by atomic mass is 10.0. The van der Waals surface area contributed by atoms with Crippen LogP contribution in [0.4, 0.5) is 0 Å². The molecule has 4 heteroatoms. The summed E-state index contributed by atoms with van der Waals surface area (Å²) in [6.07, 6.45) is 1.52. The van der Waals surface area contributed by atoms with E-state index in [4.69, 9.17) is 9.84 Å². The van der Waals surface area contributed by atoms with Crippen molar-refractivity contribution in [2.75, 3.05) is 7.11 Å². The third-order valence-electron chi connectivity index (χ3n) is 2.57. The van der Waals surface area contributed by atoms with E-state index in [-0.39, 0.29) is 6.42 Å². The van der Waals surface area contributed by atoms with Crippen LogP contribution in [0.25, 0.3) is 11.3 Å². The molecule has 0 aliphatic rings. The van der Waals surface area contributed by atoms with Crippen LogP contribution < -0.4 is 4.74 Å². The van der Waals surface area contributed by atoms with Gasteiger partial charge in [-0.15, -0.1) is 0 Å². The number of hydrogen-bond acceptors (Lipinski definition) is 3. The van der Waals surface area contributed by atoms with Crippen molar-refractivity contribution in [3.63, 3.8) is 0 Å². The number of benzene rings is 1. The van der Waals surface area contributed by atoms with E-state index in [0.717, 1.165) is 5.56 Å². The smallest absolute Gasteiger partial charge is 0.307 e. The number of pyridine rings is 1. The van der Waals surface area contributed by atoms with Crippen LogP contribution in [0.3, 0.4) is 0 Å². The lowest BCUT2D eigenvalue weighted by Gasteiger charge is -2.09. The molecule has 0 aliphatic heterocycles. The molecule has 18 heavy (non-hydrogen) atoms. The van der Waals surface area contributed by atoms with Gasteiger partial charge in [0.25, 0.3) is 0 Å². The molecule has 0 atom stereocenters. The minimum atomic E-state index is -0.887. The second kappa shape index (κ2) is 5.31. The van der Waals surface area contributed by atoms with Crippen LogP contribution in [0, 0.1) is 0 Å². The van der Waals surface area contributed by atoms with E-state index in [0.29, 0.717) is 17.0 Å². The molecule has 0 radical (unpaired) electrons. The van der Waals surface area contributed by atoms with Crippen molar-refractivity contribution in [2.24, 2.45) is 0 Å². The normalized spacial score (nSPS) is 10.1. The molecular weight excluding hydrogens is 230 g/mol. The summed E-state index contributed by atoms with van der Waals surface area (Å²) >= 11 is 0. The molecule has 1 aromatic heterocycles. The summed E-state index contributed by atoms with van der Waals surface area (Å²) in [7, 11) is 1.53. The summed E-state index contributed by atoms with van der Waals surface area (Å²) < 4.78 is 5.07. The lowest BCUT2D eigenvalue weighted by Crippen LogP contribution is -2.03. The maximum absolute atomic E-state index is 10.9. The number of ether oxygens (including phenoxy) is 1. The molecule has 2 aromatic rings. The highest BCUT2D eigenvalue weighted by molar-refractivity contribution is 5.75. The number of hydrogen-bond donors (Lipinski definition) is 1. The van der Waals surface area contributed by atoms with Gasteiger partial charge in [-0.05, 0) is 11.6 Å². The van der Waals surface area contributed by atoms with Crippen molar-refractivity contribution in [3.05, 3.63) is 48.2 Å². The van der Waals surface area contributed by atoms with E-state index in [2.05, 4.69) is 4.98 Å². The minimum absolute atomic E-state index is 0.0750. The number of aromatic nitrogens is 1. The molecule has 92 valence electrons. The molecule has 0 unspecified atom stereocenters. The van der Waals surface area contributed by atoms with Gasteiger partial charge in [0.1, 0.15) is 5.75 Å². The summed E-state index contributed by atoms with van der Waals surface area (Å²) in [6, 6.07) is 11.2. The van der Waals surface area contributed by atoms with E-state index in [1.54, 1.807) is 12.3 Å². The quantitative estimate of drug-likeness (QED) is 0.895. The Hall–Kier alpha value is -2.36. The van der Waals surface area contributed by atoms with Crippen LogP contribution in [0.5, 0.6) is 5.75 Å². The van der Waals surface area contributed by atoms with Gasteiger partial charge in [-0.2, -0.15) is 0 Å². The molecule has 0 fully saturated rings. The first-order valence-electron chi connectivity index (χ1n) is 5.51. The SMILES string of the molecule is COc1cnc(-c2ccccc2)c(CC(=O)O)c1. The highest BCUT2D eigenvalue weighted by Gasteiger charge is 2.11. The van der Waals surface area contributed by atoms with Gasteiger partial charge >= 0.3 is 5.97 Å². The van der Waals surface area contributed by atoms with Crippen molar-refractivity contribution in [2.45, 2.75) is 6.42 Å². The average molecular weight is 243 g/mol. The molecule has 1 N–H and O–H groups in total. The van der Waals surface area contributed by atoms with Gasteiger partial charge in [0.05, 0.1) is 25.4 Å². The van der Waals surface area contributed by atoms with Crippen molar-refractivity contribution in [3.8, 4) is 17.0 Å². The zero-order valence-electron chi connectivity index (χ0n) is 9.96. The van der Waals surface area contributed by atoms with E-state index in [1.165, 1.54) is 7.11 Å². The van der Waals surface area contributed by atoms with Crippen LogP contribution in [0.15, 0.2) is 42.6 Å². The lowest BCUT2D eigenvalue weighted by molar-refractivity contribution is -0.136. The highest BCUT2D eigenvalue weighted by Crippen LogP contribution is 2.24. The largest absolute Gasteiger partial charge is 0.495 e. The third kappa shape index (κ3) is 2.66. The van der Waals surface area contributed by atoms with Gasteiger partial charge in [0.2, 0.25) is 0 Å². The number of rotatable bonds is 4. The second-order valence-electron chi connectivity index (χ2n) is 3.82. The Morgan fingerprint density at radius 3 is 2.67 bits per heavy atom. The Morgan fingerprint density at radius 1 is 1.33 bits per heavy atom. The topological polar surface area (TPSA) is 59.4 Å². The number of aliphatic carboxylic acids is 1. The Morgan fingerprint density at radius 2 is 2.06 bits per heavy atom. The Kier molecular flexibility index (Phi) is 3.57. The summed E-state index contributed by atoms with van der Waals surface area (Å²) in [6.45, 7) is 0. The summed E-state index contributed by atoms with van der Waals surface area (Å²) in [5.74, 6) is -0.326. The zero-order chi connectivity index (χ0) is 13.0. The maximum atomic E-state index is 10.9. The Labute approximate surface area is 105 Å². The second-order valence-corrected chi connectivity index (χ2v) is 3.82. The van der Waals surface area contributed by atoms with Gasteiger partial charge in [-0.25, -0.2) is 0 Å². The van der Waals surface area contributed by atoms with Crippen molar-refractivity contribution in [1.82, 2.24) is 4.98 Å². The number of nitrogens with zero attached hydrogens (tertiary/aromatic N) is 1. The Balaban J connectivity index is 2.49. The number of carboxylic acids is 1. The van der Waals surface area contributed by atoms with Crippen LogP contribution >= 0.6 is 0 Å². The van der Waals surface area contributed by atoms with E-state index in [1.807, 2.05) is 30.3 Å². The number of methoxy groups -OCH3 is 1. The van der Waals surface area contributed by atoms with Gasteiger partial charge in [-0.3, -0.25) is 9.78 Å². The van der Waals surface area contributed by atoms with Crippen LogP contribution in [0.2, 0.25) is 0 Å². The van der Waals surface area contributed by atoms with Crippen LogP contribution in [-0.4, -0.2) is 23.2 Å². The third-order valence-corrected chi connectivity index (χ3v) is 2.57. The summed E-state index contributed by atoms with van der Waals surface area (Å²) in [4.78, 5) is 15.2. The van der Waals surface area contributed by atoms with E-state index < -0.39 is 5.97 Å². The molecular formula is C14H13NO3. The predicted octanol–water partition coefficient (Wildman–Crippen LogP) is 2.38. The number of carboxylic acid groups (broad SMARTS) is 1. The molecule has 0 amide bonds. The van der Waals surface area contributed by atoms with Gasteiger partial charge in [-0.1, -0.05) is 30.3 Å². The van der Waals surface area contributed by atoms with Crippen molar-refractivity contribution < 1.29 is 14.6 Å². The predicted molar refractivity (Wildman–Crippen MR) is 67.6 cm³/mol. The summed E-state index contributed by atoms with van der Waals surface area (Å²) in [5, 5.41) is 8.93. The zero-order valence-corrected chi connectivity index (χ0v) is 9.96. The first-order chi connectivity index (χ1) is 8.70. The standard InChI is InChI=1S/C14H13NO3/c1-18-12-7-11(8-13(16)17)14(15-9-12)10-5-3-2-4-6-10/h2-7,9H,8H2,1H3,(H,16,17).